The average molecular weight is 196 g/mol. The molecule has 1 aromatic heterocycles. The predicted molar refractivity (Wildman–Crippen MR) is 49.8 cm³/mol. The monoisotopic (exact) mass is 196 g/mol. The normalized spacial score (nSPS) is 12.4. The van der Waals surface area contributed by atoms with E-state index in [-0.39, 0.29) is 18.2 Å². The zero-order valence-electron chi connectivity index (χ0n) is 7.55. The summed E-state index contributed by atoms with van der Waals surface area (Å²) in [7, 11) is 0. The highest BCUT2D eigenvalue weighted by Crippen LogP contribution is 2.10. The number of aromatic carboxylic acids is 1. The first-order chi connectivity index (χ1) is 6.65. The maximum Gasteiger partial charge on any atom is 0.337 e. The second-order valence-corrected chi connectivity index (χ2v) is 2.90. The zero-order chi connectivity index (χ0) is 10.6. The number of nitrogens with zero attached hydrogens (tertiary/aromatic N) is 1. The molecule has 1 heterocycles. The van der Waals surface area contributed by atoms with Crippen molar-refractivity contribution < 1.29 is 15.0 Å². The summed E-state index contributed by atoms with van der Waals surface area (Å²) < 4.78 is 0. The lowest BCUT2D eigenvalue weighted by molar-refractivity contribution is 0.0696. The molecule has 0 amide bonds. The molecule has 0 saturated carbocycles. The lowest BCUT2D eigenvalue weighted by Gasteiger charge is -2.08. The zero-order valence-corrected chi connectivity index (χ0v) is 7.55. The van der Waals surface area contributed by atoms with Crippen LogP contribution in [0.4, 0.5) is 0 Å². The van der Waals surface area contributed by atoms with Gasteiger partial charge in [0.2, 0.25) is 0 Å². The topological polar surface area (TPSA) is 96.4 Å². The number of carboxylic acids is 1. The molecule has 4 N–H and O–H groups in total. The molecule has 0 radical (unpaired) electrons. The van der Waals surface area contributed by atoms with Crippen LogP contribution in [0, 0.1) is 0 Å². The van der Waals surface area contributed by atoms with E-state index in [1.165, 1.54) is 12.3 Å². The molecule has 0 spiro atoms. The summed E-state index contributed by atoms with van der Waals surface area (Å²) in [5.74, 6) is -1.01. The lowest BCUT2D eigenvalue weighted by atomic mass is 10.1. The number of nitrogens with two attached hydrogens (primary N) is 1. The van der Waals surface area contributed by atoms with E-state index in [1.54, 1.807) is 6.07 Å². The molecule has 0 aliphatic carbocycles. The molecule has 0 fully saturated rings. The molecule has 1 rings (SSSR count). The molecule has 0 aliphatic rings. The van der Waals surface area contributed by atoms with Gasteiger partial charge in [0, 0.05) is 18.8 Å². The van der Waals surface area contributed by atoms with Crippen LogP contribution in [0.5, 0.6) is 0 Å². The minimum atomic E-state index is -1.01. The maximum atomic E-state index is 10.5. The van der Waals surface area contributed by atoms with E-state index in [0.717, 1.165) is 0 Å². The summed E-state index contributed by atoms with van der Waals surface area (Å²) in [6, 6.07) is 2.66. The van der Waals surface area contributed by atoms with Gasteiger partial charge >= 0.3 is 5.97 Å². The molecule has 5 nitrogen and oxygen atoms in total. The molecular formula is C9H12N2O3. The summed E-state index contributed by atoms with van der Waals surface area (Å²) in [4.78, 5) is 14.4. The van der Waals surface area contributed by atoms with Crippen LogP contribution in [0.2, 0.25) is 0 Å². The summed E-state index contributed by atoms with van der Waals surface area (Å²) in [5, 5.41) is 17.2. The summed E-state index contributed by atoms with van der Waals surface area (Å²) in [6.07, 6.45) is 1.67. The Morgan fingerprint density at radius 2 is 2.29 bits per heavy atom. The van der Waals surface area contributed by atoms with Gasteiger partial charge in [-0.15, -0.1) is 0 Å². The highest BCUT2D eigenvalue weighted by molar-refractivity contribution is 5.87. The fourth-order valence-electron chi connectivity index (χ4n) is 1.04. The molecule has 5 heteroatoms. The van der Waals surface area contributed by atoms with Gasteiger partial charge in [-0.3, -0.25) is 4.98 Å². The molecule has 0 unspecified atom stereocenters. The third kappa shape index (κ3) is 2.51. The first-order valence-corrected chi connectivity index (χ1v) is 4.21. The van der Waals surface area contributed by atoms with Crippen molar-refractivity contribution in [1.82, 2.24) is 4.98 Å². The maximum absolute atomic E-state index is 10.5. The van der Waals surface area contributed by atoms with Gasteiger partial charge in [0.25, 0.3) is 0 Å². The first-order valence-electron chi connectivity index (χ1n) is 4.21. The van der Waals surface area contributed by atoms with E-state index in [9.17, 15) is 4.79 Å². The molecule has 1 aromatic rings. The molecular weight excluding hydrogens is 184 g/mol. The van der Waals surface area contributed by atoms with Crippen molar-refractivity contribution in [2.24, 2.45) is 5.73 Å². The van der Waals surface area contributed by atoms with Crippen molar-refractivity contribution >= 4 is 5.97 Å². The Kier molecular flexibility index (Phi) is 3.55. The largest absolute Gasteiger partial charge is 0.478 e. The van der Waals surface area contributed by atoms with Crippen molar-refractivity contribution in [1.29, 1.82) is 0 Å². The Bertz CT molecular complexity index is 310. The molecule has 76 valence electrons. The smallest absolute Gasteiger partial charge is 0.337 e. The Hall–Kier alpha value is -1.46. The fraction of sp³-hybridized carbons (Fsp3) is 0.333. The highest BCUT2D eigenvalue weighted by atomic mass is 16.4. The van der Waals surface area contributed by atoms with Crippen molar-refractivity contribution in [2.45, 2.75) is 12.5 Å². The lowest BCUT2D eigenvalue weighted by Crippen LogP contribution is -2.13. The van der Waals surface area contributed by atoms with Gasteiger partial charge in [-0.05, 0) is 18.6 Å². The van der Waals surface area contributed by atoms with Crippen LogP contribution in [0.15, 0.2) is 18.3 Å². The van der Waals surface area contributed by atoms with Crippen LogP contribution in [0.1, 0.15) is 28.5 Å². The molecule has 0 bridgehead atoms. The minimum Gasteiger partial charge on any atom is -0.478 e. The Morgan fingerprint density at radius 3 is 2.71 bits per heavy atom. The Balaban J connectivity index is 2.77. The number of carboxylic acid groups (broad SMARTS) is 1. The van der Waals surface area contributed by atoms with Gasteiger partial charge in [0.15, 0.2) is 0 Å². The van der Waals surface area contributed by atoms with Gasteiger partial charge in [-0.25, -0.2) is 4.79 Å². The summed E-state index contributed by atoms with van der Waals surface area (Å²) >= 11 is 0. The van der Waals surface area contributed by atoms with Gasteiger partial charge in [-0.1, -0.05) is 0 Å². The number of aromatic nitrogens is 1. The van der Waals surface area contributed by atoms with Crippen LogP contribution in [0.25, 0.3) is 0 Å². The predicted octanol–water partition coefficient (Wildman–Crippen LogP) is 0.162. The fourth-order valence-corrected chi connectivity index (χ4v) is 1.04. The van der Waals surface area contributed by atoms with Crippen molar-refractivity contribution in [2.75, 3.05) is 6.61 Å². The van der Waals surface area contributed by atoms with Gasteiger partial charge in [-0.2, -0.15) is 0 Å². The molecule has 0 aromatic carbocycles. The van der Waals surface area contributed by atoms with E-state index in [4.69, 9.17) is 15.9 Å². The minimum absolute atomic E-state index is 0.0104. The molecule has 0 saturated heterocycles. The van der Waals surface area contributed by atoms with Gasteiger partial charge in [0.1, 0.15) is 0 Å². The number of hydrogen-bond acceptors (Lipinski definition) is 4. The number of rotatable bonds is 4. The van der Waals surface area contributed by atoms with E-state index in [0.29, 0.717) is 12.1 Å². The van der Waals surface area contributed by atoms with Crippen molar-refractivity contribution in [3.05, 3.63) is 29.6 Å². The number of aliphatic hydroxyl groups excluding tert-OH is 1. The van der Waals surface area contributed by atoms with E-state index >= 15 is 0 Å². The Morgan fingerprint density at radius 1 is 1.57 bits per heavy atom. The quantitative estimate of drug-likeness (QED) is 0.637. The number of carbonyl (C=O) groups is 1. The Labute approximate surface area is 81.2 Å². The van der Waals surface area contributed by atoms with Crippen molar-refractivity contribution in [3.8, 4) is 0 Å². The third-order valence-electron chi connectivity index (χ3n) is 1.85. The van der Waals surface area contributed by atoms with E-state index < -0.39 is 5.97 Å². The van der Waals surface area contributed by atoms with Crippen LogP contribution in [-0.4, -0.2) is 27.8 Å². The molecule has 0 aliphatic heterocycles. The standard InChI is InChI=1S/C9H12N2O3/c10-7(3-4-12)8-2-1-6(5-11-8)9(13)14/h1-2,5,7,12H,3-4,10H2,(H,13,14)/t7-/m0/s1. The van der Waals surface area contributed by atoms with E-state index in [2.05, 4.69) is 4.98 Å². The van der Waals surface area contributed by atoms with Crippen LogP contribution >= 0.6 is 0 Å². The number of aliphatic hydroxyl groups is 1. The van der Waals surface area contributed by atoms with Crippen LogP contribution in [0.3, 0.4) is 0 Å². The molecule has 14 heavy (non-hydrogen) atoms. The third-order valence-corrected chi connectivity index (χ3v) is 1.85. The van der Waals surface area contributed by atoms with Gasteiger partial charge in [0.05, 0.1) is 11.3 Å². The van der Waals surface area contributed by atoms with Crippen molar-refractivity contribution in [3.63, 3.8) is 0 Å². The second kappa shape index (κ2) is 4.69. The summed E-state index contributed by atoms with van der Waals surface area (Å²) in [6.45, 7) is -0.0104. The average Bonchev–Trinajstić information content (AvgIpc) is 2.18. The second-order valence-electron chi connectivity index (χ2n) is 2.90. The summed E-state index contributed by atoms with van der Waals surface area (Å²) in [5.41, 5.74) is 6.38. The van der Waals surface area contributed by atoms with Crippen LogP contribution < -0.4 is 5.73 Å². The van der Waals surface area contributed by atoms with E-state index in [1.807, 2.05) is 0 Å². The number of pyridine rings is 1. The molecule has 1 atom stereocenters. The van der Waals surface area contributed by atoms with Crippen LogP contribution in [-0.2, 0) is 0 Å². The first kappa shape index (κ1) is 10.6. The highest BCUT2D eigenvalue weighted by Gasteiger charge is 2.08. The van der Waals surface area contributed by atoms with Gasteiger partial charge < -0.3 is 15.9 Å². The SMILES string of the molecule is N[C@@H](CCO)c1ccc(C(=O)O)cn1. The number of hydrogen-bond donors (Lipinski definition) is 3.